The van der Waals surface area contributed by atoms with Gasteiger partial charge in [0.15, 0.2) is 5.01 Å². The number of rotatable bonds is 4. The molecule has 0 radical (unpaired) electrons. The van der Waals surface area contributed by atoms with Crippen molar-refractivity contribution in [1.29, 1.82) is 0 Å². The summed E-state index contributed by atoms with van der Waals surface area (Å²) in [7, 11) is 0. The van der Waals surface area contributed by atoms with E-state index in [4.69, 9.17) is 0 Å². The van der Waals surface area contributed by atoms with Crippen LogP contribution in [0.15, 0.2) is 6.20 Å². The molecule has 1 aromatic heterocycles. The highest BCUT2D eigenvalue weighted by atomic mass is 32.1. The zero-order valence-corrected chi connectivity index (χ0v) is 8.50. The van der Waals surface area contributed by atoms with Crippen molar-refractivity contribution in [2.45, 2.75) is 19.5 Å². The third-order valence-electron chi connectivity index (χ3n) is 1.59. The van der Waals surface area contributed by atoms with E-state index in [1.165, 1.54) is 6.20 Å². The van der Waals surface area contributed by atoms with E-state index in [2.05, 4.69) is 10.3 Å². The first-order valence-corrected chi connectivity index (χ1v) is 5.08. The van der Waals surface area contributed by atoms with E-state index >= 15 is 0 Å². The van der Waals surface area contributed by atoms with Crippen molar-refractivity contribution in [2.75, 3.05) is 13.1 Å². The lowest BCUT2D eigenvalue weighted by atomic mass is 10.4. The summed E-state index contributed by atoms with van der Waals surface area (Å²) in [6, 6.07) is 0. The topological polar surface area (TPSA) is 24.9 Å². The number of thiazole rings is 1. The number of hydrogen-bond acceptors (Lipinski definition) is 3. The van der Waals surface area contributed by atoms with Gasteiger partial charge in [0.1, 0.15) is 0 Å². The molecule has 80 valence electrons. The lowest BCUT2D eigenvalue weighted by Crippen LogP contribution is -2.15. The number of aromatic nitrogens is 1. The average Bonchev–Trinajstić information content (AvgIpc) is 2.52. The van der Waals surface area contributed by atoms with Gasteiger partial charge in [0.2, 0.25) is 0 Å². The van der Waals surface area contributed by atoms with Crippen LogP contribution in [0.2, 0.25) is 0 Å². The lowest BCUT2D eigenvalue weighted by molar-refractivity contribution is -0.137. The number of likely N-dealkylation sites (N-methyl/N-ethyl adjacent to an activating group) is 1. The molecule has 6 heteroatoms. The fourth-order valence-corrected chi connectivity index (χ4v) is 1.72. The molecule has 0 aliphatic carbocycles. The van der Waals surface area contributed by atoms with Crippen molar-refractivity contribution < 1.29 is 13.2 Å². The van der Waals surface area contributed by atoms with Crippen LogP contribution in [0, 0.1) is 0 Å². The fraction of sp³-hybridized carbons (Fsp3) is 0.625. The maximum atomic E-state index is 12.1. The van der Waals surface area contributed by atoms with Gasteiger partial charge in [-0.25, -0.2) is 4.98 Å². The Hall–Kier alpha value is -0.620. The summed E-state index contributed by atoms with van der Waals surface area (Å²) in [6.07, 6.45) is -2.41. The number of halogens is 3. The average molecular weight is 224 g/mol. The van der Waals surface area contributed by atoms with Crippen LogP contribution in [0.1, 0.15) is 16.8 Å². The normalized spacial score (nSPS) is 12.0. The van der Waals surface area contributed by atoms with Crippen molar-refractivity contribution in [3.8, 4) is 0 Å². The number of nitrogens with one attached hydrogen (secondary N) is 1. The van der Waals surface area contributed by atoms with E-state index in [0.29, 0.717) is 29.2 Å². The van der Waals surface area contributed by atoms with Gasteiger partial charge in [0, 0.05) is 17.6 Å². The van der Waals surface area contributed by atoms with Gasteiger partial charge in [0.05, 0.1) is 0 Å². The van der Waals surface area contributed by atoms with Gasteiger partial charge >= 0.3 is 6.18 Å². The molecule has 0 atom stereocenters. The Morgan fingerprint density at radius 2 is 2.21 bits per heavy atom. The van der Waals surface area contributed by atoms with Crippen LogP contribution in [0.25, 0.3) is 0 Å². The molecule has 0 aliphatic heterocycles. The summed E-state index contributed by atoms with van der Waals surface area (Å²) in [5, 5.41) is 2.28. The third kappa shape index (κ3) is 3.26. The maximum absolute atomic E-state index is 12.1. The highest BCUT2D eigenvalue weighted by Crippen LogP contribution is 2.32. The standard InChI is InChI=1S/C8H11F3N2S/c1-2-12-4-3-6-5-13-7(14-6)8(9,10)11/h5,12H,2-4H2,1H3. The first-order valence-electron chi connectivity index (χ1n) is 4.26. The van der Waals surface area contributed by atoms with Gasteiger partial charge in [-0.05, 0) is 13.0 Å². The molecule has 1 rings (SSSR count). The van der Waals surface area contributed by atoms with Crippen molar-refractivity contribution in [2.24, 2.45) is 0 Å². The molecule has 0 amide bonds. The van der Waals surface area contributed by atoms with Crippen molar-refractivity contribution in [3.63, 3.8) is 0 Å². The Labute approximate surface area is 84.2 Å². The van der Waals surface area contributed by atoms with E-state index in [9.17, 15) is 13.2 Å². The van der Waals surface area contributed by atoms with Gasteiger partial charge in [-0.15, -0.1) is 11.3 Å². The Kier molecular flexibility index (Phi) is 3.88. The minimum atomic E-state index is -4.30. The van der Waals surface area contributed by atoms with Crippen molar-refractivity contribution in [3.05, 3.63) is 16.1 Å². The van der Waals surface area contributed by atoms with Gasteiger partial charge in [0.25, 0.3) is 0 Å². The summed E-state index contributed by atoms with van der Waals surface area (Å²) >= 11 is 0.714. The molecule has 0 fully saturated rings. The SMILES string of the molecule is CCNCCc1cnc(C(F)(F)F)s1. The summed E-state index contributed by atoms with van der Waals surface area (Å²) in [5.74, 6) is 0. The van der Waals surface area contributed by atoms with E-state index < -0.39 is 11.2 Å². The Balaban J connectivity index is 2.51. The Morgan fingerprint density at radius 3 is 2.71 bits per heavy atom. The van der Waals surface area contributed by atoms with Gasteiger partial charge in [-0.1, -0.05) is 6.92 Å². The van der Waals surface area contributed by atoms with Gasteiger partial charge in [-0.2, -0.15) is 13.2 Å². The molecule has 0 unspecified atom stereocenters. The number of nitrogens with zero attached hydrogens (tertiary/aromatic N) is 1. The second kappa shape index (κ2) is 4.75. The monoisotopic (exact) mass is 224 g/mol. The molecular weight excluding hydrogens is 213 g/mol. The van der Waals surface area contributed by atoms with Crippen LogP contribution in [0.3, 0.4) is 0 Å². The molecule has 1 N–H and O–H groups in total. The quantitative estimate of drug-likeness (QED) is 0.794. The largest absolute Gasteiger partial charge is 0.443 e. The predicted molar refractivity (Wildman–Crippen MR) is 49.4 cm³/mol. The first-order chi connectivity index (χ1) is 6.54. The van der Waals surface area contributed by atoms with Gasteiger partial charge in [-0.3, -0.25) is 0 Å². The zero-order valence-electron chi connectivity index (χ0n) is 7.69. The lowest BCUT2D eigenvalue weighted by Gasteiger charge is -1.99. The molecule has 2 nitrogen and oxygen atoms in total. The van der Waals surface area contributed by atoms with Crippen LogP contribution in [-0.2, 0) is 12.6 Å². The fourth-order valence-electron chi connectivity index (χ4n) is 0.943. The minimum absolute atomic E-state index is 0.599. The second-order valence-corrected chi connectivity index (χ2v) is 3.85. The maximum Gasteiger partial charge on any atom is 0.443 e. The summed E-state index contributed by atoms with van der Waals surface area (Å²) in [6.45, 7) is 3.47. The second-order valence-electron chi connectivity index (χ2n) is 2.73. The van der Waals surface area contributed by atoms with Crippen molar-refractivity contribution >= 4 is 11.3 Å². The zero-order chi connectivity index (χ0) is 10.6. The third-order valence-corrected chi connectivity index (χ3v) is 2.70. The first kappa shape index (κ1) is 11.5. The molecular formula is C8H11F3N2S. The molecule has 0 aromatic carbocycles. The van der Waals surface area contributed by atoms with Crippen LogP contribution in [0.4, 0.5) is 13.2 Å². The van der Waals surface area contributed by atoms with E-state index in [1.54, 1.807) is 0 Å². The number of hydrogen-bond donors (Lipinski definition) is 1. The van der Waals surface area contributed by atoms with E-state index in [1.807, 2.05) is 6.92 Å². The molecule has 0 saturated heterocycles. The molecule has 1 aromatic rings. The summed E-state index contributed by atoms with van der Waals surface area (Å²) in [4.78, 5) is 4.00. The smallest absolute Gasteiger partial charge is 0.317 e. The molecule has 0 saturated carbocycles. The highest BCUT2D eigenvalue weighted by molar-refractivity contribution is 7.11. The van der Waals surface area contributed by atoms with Crippen LogP contribution < -0.4 is 5.32 Å². The molecule has 0 bridgehead atoms. The van der Waals surface area contributed by atoms with Crippen molar-refractivity contribution in [1.82, 2.24) is 10.3 Å². The van der Waals surface area contributed by atoms with Crippen LogP contribution in [-0.4, -0.2) is 18.1 Å². The molecule has 0 spiro atoms. The van der Waals surface area contributed by atoms with Gasteiger partial charge < -0.3 is 5.32 Å². The Morgan fingerprint density at radius 1 is 1.50 bits per heavy atom. The van der Waals surface area contributed by atoms with E-state index in [0.717, 1.165) is 6.54 Å². The van der Waals surface area contributed by atoms with E-state index in [-0.39, 0.29) is 0 Å². The van der Waals surface area contributed by atoms with Crippen LogP contribution >= 0.6 is 11.3 Å². The Bertz CT molecular complexity index is 282. The highest BCUT2D eigenvalue weighted by Gasteiger charge is 2.34. The predicted octanol–water partition coefficient (Wildman–Crippen LogP) is 2.31. The molecule has 14 heavy (non-hydrogen) atoms. The van der Waals surface area contributed by atoms with Crippen LogP contribution in [0.5, 0.6) is 0 Å². The summed E-state index contributed by atoms with van der Waals surface area (Å²) < 4.78 is 36.4. The molecule has 1 heterocycles. The number of alkyl halides is 3. The minimum Gasteiger partial charge on any atom is -0.317 e. The molecule has 0 aliphatic rings. The summed E-state index contributed by atoms with van der Waals surface area (Å²) in [5.41, 5.74) is 0.